The second kappa shape index (κ2) is 9.79. The molecule has 0 spiro atoms. The van der Waals surface area contributed by atoms with Crippen molar-refractivity contribution in [3.63, 3.8) is 0 Å². The smallest absolute Gasteiger partial charge is 0.321 e. The summed E-state index contributed by atoms with van der Waals surface area (Å²) in [7, 11) is 1.31. The molecule has 2 rings (SSSR count). The van der Waals surface area contributed by atoms with Crippen molar-refractivity contribution in [3.05, 3.63) is 29.8 Å². The number of esters is 1. The third kappa shape index (κ3) is 5.75. The lowest BCUT2D eigenvalue weighted by Gasteiger charge is -2.32. The molecule has 26 heavy (non-hydrogen) atoms. The molecule has 1 aromatic rings. The van der Waals surface area contributed by atoms with Crippen LogP contribution < -0.4 is 10.6 Å². The van der Waals surface area contributed by atoms with Crippen molar-refractivity contribution >= 4 is 23.6 Å². The van der Waals surface area contributed by atoms with Crippen molar-refractivity contribution in [2.75, 3.05) is 32.1 Å². The maximum Gasteiger partial charge on any atom is 0.321 e. The number of anilines is 1. The van der Waals surface area contributed by atoms with Crippen LogP contribution in [0.4, 0.5) is 10.5 Å². The van der Waals surface area contributed by atoms with Crippen molar-refractivity contribution in [3.8, 4) is 0 Å². The molecule has 1 heterocycles. The molecule has 142 valence electrons. The summed E-state index contributed by atoms with van der Waals surface area (Å²) in [5, 5.41) is 5.53. The second-order valence-electron chi connectivity index (χ2n) is 6.45. The predicted octanol–water partition coefficient (Wildman–Crippen LogP) is 2.63. The molecule has 1 unspecified atom stereocenters. The zero-order valence-corrected chi connectivity index (χ0v) is 15.4. The molecule has 1 aromatic carbocycles. The Labute approximate surface area is 154 Å². The normalized spacial score (nSPS) is 16.7. The summed E-state index contributed by atoms with van der Waals surface area (Å²) in [4.78, 5) is 37.3. The average molecular weight is 361 g/mol. The number of hydrogen-bond donors (Lipinski definition) is 2. The van der Waals surface area contributed by atoms with Gasteiger partial charge in [0.25, 0.3) is 5.91 Å². The summed E-state index contributed by atoms with van der Waals surface area (Å²) in [6, 6.07) is 6.60. The van der Waals surface area contributed by atoms with E-state index in [4.69, 9.17) is 0 Å². The minimum Gasteiger partial charge on any atom is -0.469 e. The maximum atomic E-state index is 12.4. The van der Waals surface area contributed by atoms with Gasteiger partial charge in [0, 0.05) is 30.9 Å². The lowest BCUT2D eigenvalue weighted by Crippen LogP contribution is -2.42. The monoisotopic (exact) mass is 361 g/mol. The second-order valence-corrected chi connectivity index (χ2v) is 6.45. The number of likely N-dealkylation sites (tertiary alicyclic amines) is 1. The number of rotatable bonds is 6. The summed E-state index contributed by atoms with van der Waals surface area (Å²) in [5.41, 5.74) is 1.12. The van der Waals surface area contributed by atoms with Crippen LogP contribution in [0.5, 0.6) is 0 Å². The topological polar surface area (TPSA) is 87.7 Å². The van der Waals surface area contributed by atoms with Crippen molar-refractivity contribution < 1.29 is 19.1 Å². The van der Waals surface area contributed by atoms with E-state index in [1.54, 1.807) is 24.3 Å². The zero-order valence-electron chi connectivity index (χ0n) is 15.4. The standard InChI is InChI=1S/C19H27N3O4/c1-3-14-5-4-12-22(13-14)19(25)21-16-8-6-15(7-9-16)18(24)20-11-10-17(23)26-2/h6-9,14H,3-5,10-13H2,1-2H3,(H,20,24)(H,21,25). The highest BCUT2D eigenvalue weighted by molar-refractivity contribution is 5.95. The number of benzene rings is 1. The summed E-state index contributed by atoms with van der Waals surface area (Å²) in [5.74, 6) is -0.0643. The van der Waals surface area contributed by atoms with E-state index in [0.717, 1.165) is 25.9 Å². The molecule has 7 heteroatoms. The molecule has 7 nitrogen and oxygen atoms in total. The van der Waals surface area contributed by atoms with Gasteiger partial charge >= 0.3 is 12.0 Å². The number of carbonyl (C=O) groups is 3. The molecule has 0 radical (unpaired) electrons. The summed E-state index contributed by atoms with van der Waals surface area (Å²) < 4.78 is 4.52. The predicted molar refractivity (Wildman–Crippen MR) is 99.0 cm³/mol. The van der Waals surface area contributed by atoms with Gasteiger partial charge in [0.1, 0.15) is 0 Å². The first-order chi connectivity index (χ1) is 12.5. The number of ether oxygens (including phenoxy) is 1. The first-order valence-electron chi connectivity index (χ1n) is 9.04. The van der Waals surface area contributed by atoms with Gasteiger partial charge in [-0.1, -0.05) is 13.3 Å². The molecule has 3 amide bonds. The van der Waals surface area contributed by atoms with E-state index in [2.05, 4.69) is 22.3 Å². The molecule has 1 atom stereocenters. The molecule has 0 aromatic heterocycles. The number of urea groups is 1. The summed E-state index contributed by atoms with van der Waals surface area (Å²) in [6.45, 7) is 3.95. The van der Waals surface area contributed by atoms with Gasteiger partial charge in [0.05, 0.1) is 13.5 Å². The van der Waals surface area contributed by atoms with Gasteiger partial charge in [-0.25, -0.2) is 4.79 Å². The first-order valence-corrected chi connectivity index (χ1v) is 9.04. The number of nitrogens with one attached hydrogen (secondary N) is 2. The van der Waals surface area contributed by atoms with Gasteiger partial charge in [-0.3, -0.25) is 9.59 Å². The maximum absolute atomic E-state index is 12.4. The van der Waals surface area contributed by atoms with Crippen LogP contribution in [0.1, 0.15) is 43.0 Å². The Morgan fingerprint density at radius 3 is 2.62 bits per heavy atom. The largest absolute Gasteiger partial charge is 0.469 e. The first kappa shape index (κ1) is 19.8. The van der Waals surface area contributed by atoms with E-state index < -0.39 is 0 Å². The molecule has 1 aliphatic heterocycles. The number of methoxy groups -OCH3 is 1. The molecule has 0 bridgehead atoms. The van der Waals surface area contributed by atoms with Crippen LogP contribution in [0.15, 0.2) is 24.3 Å². The van der Waals surface area contributed by atoms with Gasteiger partial charge in [-0.05, 0) is 43.0 Å². The van der Waals surface area contributed by atoms with E-state index in [1.165, 1.54) is 13.5 Å². The molecule has 2 N–H and O–H groups in total. The average Bonchev–Trinajstić information content (AvgIpc) is 2.68. The van der Waals surface area contributed by atoms with E-state index in [0.29, 0.717) is 17.2 Å². The van der Waals surface area contributed by atoms with Crippen LogP contribution in [0.3, 0.4) is 0 Å². The van der Waals surface area contributed by atoms with Crippen molar-refractivity contribution in [1.82, 2.24) is 10.2 Å². The van der Waals surface area contributed by atoms with Crippen LogP contribution in [0, 0.1) is 5.92 Å². The highest BCUT2D eigenvalue weighted by Crippen LogP contribution is 2.20. The van der Waals surface area contributed by atoms with Crippen LogP contribution in [0.25, 0.3) is 0 Å². The fourth-order valence-corrected chi connectivity index (χ4v) is 2.97. The molecule has 1 saturated heterocycles. The Kier molecular flexibility index (Phi) is 7.44. The molecule has 1 aliphatic rings. The van der Waals surface area contributed by atoms with Gasteiger partial charge in [0.15, 0.2) is 0 Å². The molecular formula is C19H27N3O4. The molecule has 0 aliphatic carbocycles. The summed E-state index contributed by atoms with van der Waals surface area (Å²) >= 11 is 0. The van der Waals surface area contributed by atoms with Crippen LogP contribution in [-0.4, -0.2) is 49.6 Å². The fourth-order valence-electron chi connectivity index (χ4n) is 2.97. The lowest BCUT2D eigenvalue weighted by atomic mass is 9.96. The van der Waals surface area contributed by atoms with Gasteiger partial charge in [0.2, 0.25) is 0 Å². The van der Waals surface area contributed by atoms with Gasteiger partial charge < -0.3 is 20.3 Å². The van der Waals surface area contributed by atoms with Crippen LogP contribution in [0.2, 0.25) is 0 Å². The number of amides is 3. The minimum absolute atomic E-state index is 0.0987. The SMILES string of the molecule is CCC1CCCN(C(=O)Nc2ccc(C(=O)NCCC(=O)OC)cc2)C1. The molecule has 0 saturated carbocycles. The van der Waals surface area contributed by atoms with Gasteiger partial charge in [-0.15, -0.1) is 0 Å². The zero-order chi connectivity index (χ0) is 18.9. The van der Waals surface area contributed by atoms with Crippen LogP contribution in [-0.2, 0) is 9.53 Å². The molecular weight excluding hydrogens is 334 g/mol. The quantitative estimate of drug-likeness (QED) is 0.763. The van der Waals surface area contributed by atoms with E-state index >= 15 is 0 Å². The Morgan fingerprint density at radius 1 is 1.23 bits per heavy atom. The van der Waals surface area contributed by atoms with Crippen LogP contribution >= 0.6 is 0 Å². The lowest BCUT2D eigenvalue weighted by molar-refractivity contribution is -0.140. The summed E-state index contributed by atoms with van der Waals surface area (Å²) in [6.07, 6.45) is 3.44. The third-order valence-corrected chi connectivity index (χ3v) is 4.62. The number of carbonyl (C=O) groups excluding carboxylic acids is 3. The highest BCUT2D eigenvalue weighted by Gasteiger charge is 2.22. The highest BCUT2D eigenvalue weighted by atomic mass is 16.5. The third-order valence-electron chi connectivity index (χ3n) is 4.62. The van der Waals surface area contributed by atoms with E-state index in [9.17, 15) is 14.4 Å². The van der Waals surface area contributed by atoms with Crippen molar-refractivity contribution in [2.45, 2.75) is 32.6 Å². The fraction of sp³-hybridized carbons (Fsp3) is 0.526. The Hall–Kier alpha value is -2.57. The number of hydrogen-bond acceptors (Lipinski definition) is 4. The Bertz CT molecular complexity index is 630. The number of nitrogens with zero attached hydrogens (tertiary/aromatic N) is 1. The van der Waals surface area contributed by atoms with Gasteiger partial charge in [-0.2, -0.15) is 0 Å². The van der Waals surface area contributed by atoms with Crippen molar-refractivity contribution in [2.24, 2.45) is 5.92 Å². The van der Waals surface area contributed by atoms with E-state index in [-0.39, 0.29) is 30.9 Å². The Morgan fingerprint density at radius 2 is 1.96 bits per heavy atom. The van der Waals surface area contributed by atoms with Crippen molar-refractivity contribution in [1.29, 1.82) is 0 Å². The molecule has 1 fully saturated rings. The van der Waals surface area contributed by atoms with E-state index in [1.807, 2.05) is 4.90 Å². The minimum atomic E-state index is -0.369. The Balaban J connectivity index is 1.83. The number of piperidine rings is 1.